The van der Waals surface area contributed by atoms with E-state index in [9.17, 15) is 9.59 Å². The van der Waals surface area contributed by atoms with Gasteiger partial charge in [0.25, 0.3) is 5.91 Å². The average Bonchev–Trinajstić information content (AvgIpc) is 2.84. The molecule has 0 atom stereocenters. The Morgan fingerprint density at radius 1 is 1.48 bits per heavy atom. The molecule has 1 aromatic carbocycles. The molecule has 124 valence electrons. The largest absolute Gasteiger partial charge is 0.466 e. The second-order valence-corrected chi connectivity index (χ2v) is 5.99. The first-order valence-corrected chi connectivity index (χ1v) is 8.08. The topological polar surface area (TPSA) is 78.9 Å². The quantitative estimate of drug-likeness (QED) is 0.731. The third kappa shape index (κ3) is 3.73. The number of aliphatic hydroxyl groups is 1. The van der Waals surface area contributed by atoms with E-state index in [0.29, 0.717) is 0 Å². The number of nitrogens with zero attached hydrogens (tertiary/aromatic N) is 1. The number of nitrogens with one attached hydrogen (secondary N) is 1. The summed E-state index contributed by atoms with van der Waals surface area (Å²) in [6, 6.07) is 5.74. The fourth-order valence-corrected chi connectivity index (χ4v) is 2.82. The number of hydrogen-bond donors (Lipinski definition) is 2. The number of ether oxygens (including phenoxy) is 1. The smallest absolute Gasteiger partial charge is 0.337 e. The monoisotopic (exact) mass is 382 g/mol. The summed E-state index contributed by atoms with van der Waals surface area (Å²) in [5.41, 5.74) is 2.27. The Kier molecular flexibility index (Phi) is 5.79. The summed E-state index contributed by atoms with van der Waals surface area (Å²) in [6.45, 7) is 2.15. The van der Waals surface area contributed by atoms with Crippen LogP contribution in [0.25, 0.3) is 0 Å². The van der Waals surface area contributed by atoms with E-state index in [4.69, 9.17) is 9.84 Å². The van der Waals surface area contributed by atoms with Crippen LogP contribution in [-0.2, 0) is 20.7 Å². The molecule has 0 bridgehead atoms. The number of carbonyl (C=O) groups excluding carboxylic acids is 2. The summed E-state index contributed by atoms with van der Waals surface area (Å²) in [5, 5.41) is 12.1. The molecule has 2 rings (SSSR count). The minimum atomic E-state index is -0.547. The molecular formula is C16H19BrN2O4. The number of benzene rings is 1. The number of methoxy groups -OCH3 is 1. The summed E-state index contributed by atoms with van der Waals surface area (Å²) >= 11 is 3.41. The standard InChI is InChI=1S/C16H19BrN2O4/c1-3-10-4-5-11(17)8-13(10)18-14-12(16(22)23-2)9-19(6-7-20)15(14)21/h4-5,8,18,20H,3,6-7,9H2,1-2H3. The Balaban J connectivity index is 2.39. The third-order valence-electron chi connectivity index (χ3n) is 3.67. The van der Waals surface area contributed by atoms with E-state index in [1.165, 1.54) is 12.0 Å². The first kappa shape index (κ1) is 17.5. The molecule has 6 nitrogen and oxygen atoms in total. The Labute approximate surface area is 143 Å². The lowest BCUT2D eigenvalue weighted by molar-refractivity contribution is -0.136. The molecule has 0 fully saturated rings. The van der Waals surface area contributed by atoms with Gasteiger partial charge in [-0.15, -0.1) is 0 Å². The van der Waals surface area contributed by atoms with Gasteiger partial charge in [0, 0.05) is 16.7 Å². The van der Waals surface area contributed by atoms with Crippen LogP contribution in [0.3, 0.4) is 0 Å². The van der Waals surface area contributed by atoms with Crippen molar-refractivity contribution >= 4 is 33.5 Å². The number of aryl methyl sites for hydroxylation is 1. The number of esters is 1. The number of rotatable bonds is 6. The molecule has 0 unspecified atom stereocenters. The maximum Gasteiger partial charge on any atom is 0.337 e. The fraction of sp³-hybridized carbons (Fsp3) is 0.375. The van der Waals surface area contributed by atoms with Crippen molar-refractivity contribution in [2.45, 2.75) is 13.3 Å². The molecule has 0 aliphatic carbocycles. The number of hydrogen-bond acceptors (Lipinski definition) is 5. The summed E-state index contributed by atoms with van der Waals surface area (Å²) in [7, 11) is 1.28. The molecule has 1 aromatic rings. The van der Waals surface area contributed by atoms with Crippen molar-refractivity contribution in [3.8, 4) is 0 Å². The van der Waals surface area contributed by atoms with Gasteiger partial charge in [0.15, 0.2) is 0 Å². The summed E-state index contributed by atoms with van der Waals surface area (Å²) < 4.78 is 5.64. The second kappa shape index (κ2) is 7.61. The summed E-state index contributed by atoms with van der Waals surface area (Å²) in [6.07, 6.45) is 0.783. The number of anilines is 1. The van der Waals surface area contributed by atoms with Crippen molar-refractivity contribution in [3.63, 3.8) is 0 Å². The van der Waals surface area contributed by atoms with Gasteiger partial charge >= 0.3 is 5.97 Å². The van der Waals surface area contributed by atoms with Gasteiger partial charge in [-0.2, -0.15) is 0 Å². The zero-order valence-electron chi connectivity index (χ0n) is 13.1. The minimum Gasteiger partial charge on any atom is -0.466 e. The van der Waals surface area contributed by atoms with E-state index in [0.717, 1.165) is 22.1 Å². The van der Waals surface area contributed by atoms with Crippen LogP contribution < -0.4 is 5.32 Å². The van der Waals surface area contributed by atoms with E-state index < -0.39 is 5.97 Å². The van der Waals surface area contributed by atoms with E-state index >= 15 is 0 Å². The number of β-amino-alcohol motifs (C(OH)–C–C–N with tert-alkyl or cyclic N) is 1. The number of carbonyl (C=O) groups is 2. The molecular weight excluding hydrogens is 364 g/mol. The molecule has 1 heterocycles. The number of aliphatic hydroxyl groups excluding tert-OH is 1. The van der Waals surface area contributed by atoms with Crippen LogP contribution in [0.1, 0.15) is 12.5 Å². The van der Waals surface area contributed by atoms with Crippen molar-refractivity contribution in [2.24, 2.45) is 0 Å². The highest BCUT2D eigenvalue weighted by atomic mass is 79.9. The van der Waals surface area contributed by atoms with Gasteiger partial charge in [-0.3, -0.25) is 4.79 Å². The van der Waals surface area contributed by atoms with Crippen LogP contribution in [0, 0.1) is 0 Å². The molecule has 0 aromatic heterocycles. The van der Waals surface area contributed by atoms with Crippen molar-refractivity contribution in [1.29, 1.82) is 0 Å². The average molecular weight is 383 g/mol. The predicted molar refractivity (Wildman–Crippen MR) is 89.9 cm³/mol. The van der Waals surface area contributed by atoms with Crippen molar-refractivity contribution < 1.29 is 19.4 Å². The van der Waals surface area contributed by atoms with Crippen LogP contribution in [-0.4, -0.2) is 48.7 Å². The number of halogens is 1. The van der Waals surface area contributed by atoms with Crippen LogP contribution in [0.15, 0.2) is 33.9 Å². The van der Waals surface area contributed by atoms with E-state index in [1.54, 1.807) is 0 Å². The minimum absolute atomic E-state index is 0.129. The fourth-order valence-electron chi connectivity index (χ4n) is 2.46. The molecule has 2 N–H and O–H groups in total. The zero-order valence-corrected chi connectivity index (χ0v) is 14.6. The van der Waals surface area contributed by atoms with Gasteiger partial charge in [0.05, 0.1) is 25.8 Å². The second-order valence-electron chi connectivity index (χ2n) is 5.08. The summed E-state index contributed by atoms with van der Waals surface area (Å²) in [5.74, 6) is -0.865. The maximum atomic E-state index is 12.5. The van der Waals surface area contributed by atoms with Crippen molar-refractivity contribution in [2.75, 3.05) is 32.1 Å². The first-order valence-electron chi connectivity index (χ1n) is 7.28. The van der Waals surface area contributed by atoms with Gasteiger partial charge in [-0.1, -0.05) is 28.9 Å². The molecule has 23 heavy (non-hydrogen) atoms. The molecule has 7 heteroatoms. The maximum absolute atomic E-state index is 12.5. The first-order chi connectivity index (χ1) is 11.0. The molecule has 0 saturated carbocycles. The van der Waals surface area contributed by atoms with Crippen LogP contribution >= 0.6 is 15.9 Å². The van der Waals surface area contributed by atoms with Crippen LogP contribution in [0.5, 0.6) is 0 Å². The number of amides is 1. The van der Waals surface area contributed by atoms with Crippen LogP contribution in [0.2, 0.25) is 0 Å². The normalized spacial score (nSPS) is 14.4. The molecule has 1 aliphatic rings. The Bertz CT molecular complexity index is 657. The van der Waals surface area contributed by atoms with E-state index in [2.05, 4.69) is 21.2 Å². The van der Waals surface area contributed by atoms with Gasteiger partial charge in [0.2, 0.25) is 0 Å². The Morgan fingerprint density at radius 2 is 2.22 bits per heavy atom. The van der Waals surface area contributed by atoms with Gasteiger partial charge in [-0.25, -0.2) is 4.79 Å². The molecule has 1 aliphatic heterocycles. The van der Waals surface area contributed by atoms with Crippen LogP contribution in [0.4, 0.5) is 5.69 Å². The van der Waals surface area contributed by atoms with E-state index in [1.807, 2.05) is 25.1 Å². The third-order valence-corrected chi connectivity index (χ3v) is 4.16. The van der Waals surface area contributed by atoms with Gasteiger partial charge in [-0.05, 0) is 24.1 Å². The van der Waals surface area contributed by atoms with Gasteiger partial charge < -0.3 is 20.1 Å². The molecule has 1 amide bonds. The highest BCUT2D eigenvalue weighted by molar-refractivity contribution is 9.10. The Hall–Kier alpha value is -1.86. The molecule has 0 radical (unpaired) electrons. The van der Waals surface area contributed by atoms with Crippen molar-refractivity contribution in [3.05, 3.63) is 39.5 Å². The lowest BCUT2D eigenvalue weighted by Crippen LogP contribution is -2.31. The summed E-state index contributed by atoms with van der Waals surface area (Å²) in [4.78, 5) is 25.9. The molecule has 0 saturated heterocycles. The zero-order chi connectivity index (χ0) is 17.0. The van der Waals surface area contributed by atoms with Crippen molar-refractivity contribution in [1.82, 2.24) is 4.90 Å². The SMILES string of the molecule is CCc1ccc(Br)cc1NC1=C(C(=O)OC)CN(CCO)C1=O. The predicted octanol–water partition coefficient (Wildman–Crippen LogP) is 1.68. The highest BCUT2D eigenvalue weighted by Gasteiger charge is 2.34. The molecule has 0 spiro atoms. The van der Waals surface area contributed by atoms with Gasteiger partial charge in [0.1, 0.15) is 5.70 Å². The lowest BCUT2D eigenvalue weighted by atomic mass is 10.1. The van der Waals surface area contributed by atoms with E-state index in [-0.39, 0.29) is 36.9 Å². The Morgan fingerprint density at radius 3 is 2.83 bits per heavy atom. The lowest BCUT2D eigenvalue weighted by Gasteiger charge is -2.16. The highest BCUT2D eigenvalue weighted by Crippen LogP contribution is 2.27.